The van der Waals surface area contributed by atoms with Gasteiger partial charge in [0, 0.05) is 78.9 Å². The van der Waals surface area contributed by atoms with Crippen LogP contribution in [0.25, 0.3) is 0 Å². The summed E-state index contributed by atoms with van der Waals surface area (Å²) in [6.07, 6.45) is -5.81. The van der Waals surface area contributed by atoms with Crippen LogP contribution in [0, 0.1) is 5.92 Å². The molecule has 62 heavy (non-hydrogen) atoms. The van der Waals surface area contributed by atoms with Crippen LogP contribution < -0.4 is 27.2 Å². The second-order valence-corrected chi connectivity index (χ2v) is 21.1. The first-order valence-corrected chi connectivity index (χ1v) is 23.5. The molecule has 22 nitrogen and oxygen atoms in total. The Hall–Kier alpha value is -4.52. The van der Waals surface area contributed by atoms with Crippen molar-refractivity contribution in [1.82, 2.24) is 25.5 Å². The molecule has 23 heteroatoms. The third-order valence-corrected chi connectivity index (χ3v) is 14.5. The molecule has 0 aromatic carbocycles. The van der Waals surface area contributed by atoms with E-state index in [1.54, 1.807) is 13.1 Å². The fourth-order valence-electron chi connectivity index (χ4n) is 7.06. The lowest BCUT2D eigenvalue weighted by molar-refractivity contribution is -0.277. The van der Waals surface area contributed by atoms with Gasteiger partial charge in [-0.25, -0.2) is 4.79 Å². The number of carbonyl (C=O) groups excluding carboxylic acids is 6. The van der Waals surface area contributed by atoms with E-state index in [0.29, 0.717) is 12.8 Å². The first-order valence-electron chi connectivity index (χ1n) is 20.5. The molecule has 3 heterocycles. The lowest BCUT2D eigenvalue weighted by Gasteiger charge is -2.44. The average molecular weight is 902 g/mol. The number of amides is 3. The van der Waals surface area contributed by atoms with E-state index in [2.05, 4.69) is 20.9 Å². The molecule has 7 unspecified atom stereocenters. The maximum Gasteiger partial charge on any atom is 0.328 e. The Balaban J connectivity index is 1.49. The molecule has 0 saturated carbocycles. The minimum Gasteiger partial charge on any atom is -0.463 e. The quantitative estimate of drug-likeness (QED) is 0.0310. The summed E-state index contributed by atoms with van der Waals surface area (Å²) in [6, 6.07) is -1.12. The first-order chi connectivity index (χ1) is 28.9. The van der Waals surface area contributed by atoms with Gasteiger partial charge in [0.15, 0.2) is 26.8 Å². The summed E-state index contributed by atoms with van der Waals surface area (Å²) in [6.45, 7) is 11.1. The molecule has 2 aliphatic heterocycles. The Morgan fingerprint density at radius 3 is 2.06 bits per heavy atom. The lowest BCUT2D eigenvalue weighted by atomic mass is 9.85. The fourth-order valence-corrected chi connectivity index (χ4v) is 7.80. The smallest absolute Gasteiger partial charge is 0.328 e. The molecule has 3 amide bonds. The average Bonchev–Trinajstić information content (AvgIpc) is 3.46. The number of unbranched alkanes of at least 4 members (excludes halogenated alkanes) is 1. The van der Waals surface area contributed by atoms with E-state index < -0.39 is 116 Å². The number of H-pyrrole nitrogens is 1. The van der Waals surface area contributed by atoms with Gasteiger partial charge in [0.1, 0.15) is 24.9 Å². The number of aromatic nitrogens is 2. The molecule has 2 fully saturated rings. The van der Waals surface area contributed by atoms with Crippen LogP contribution in [-0.4, -0.2) is 144 Å². The number of nitrogens with zero attached hydrogens (tertiary/aromatic N) is 1. The minimum absolute atomic E-state index is 0.0241. The van der Waals surface area contributed by atoms with Gasteiger partial charge in [-0.3, -0.25) is 43.1 Å². The molecule has 0 aliphatic carbocycles. The van der Waals surface area contributed by atoms with Crippen LogP contribution in [0.3, 0.4) is 0 Å². The monoisotopic (exact) mass is 901 g/mol. The number of aryl methyl sites for hydroxylation is 1. The summed E-state index contributed by atoms with van der Waals surface area (Å²) in [4.78, 5) is 112. The van der Waals surface area contributed by atoms with Crippen molar-refractivity contribution < 1.29 is 72.2 Å². The third-order valence-electron chi connectivity index (χ3n) is 11.0. The zero-order valence-corrected chi connectivity index (χ0v) is 37.6. The van der Waals surface area contributed by atoms with Crippen LogP contribution >= 0.6 is 0 Å². The highest BCUT2D eigenvalue weighted by Gasteiger charge is 2.52. The molecule has 2 aliphatic rings. The number of aromatic amines is 1. The van der Waals surface area contributed by atoms with Gasteiger partial charge in [-0.1, -0.05) is 13.8 Å². The highest BCUT2D eigenvalue weighted by atomic mass is 28.4. The maximum atomic E-state index is 13.0. The van der Waals surface area contributed by atoms with Crippen LogP contribution in [0.1, 0.15) is 85.3 Å². The van der Waals surface area contributed by atoms with E-state index in [4.69, 9.17) is 28.4 Å². The molecule has 0 bridgehead atoms. The molecule has 7 N–H and O–H groups in total. The second kappa shape index (κ2) is 23.2. The lowest BCUT2D eigenvalue weighted by Crippen LogP contribution is -2.66. The van der Waals surface area contributed by atoms with Gasteiger partial charge in [-0.15, -0.1) is 0 Å². The molecule has 1 aromatic rings. The van der Waals surface area contributed by atoms with E-state index in [0.717, 1.165) is 18.4 Å². The van der Waals surface area contributed by atoms with E-state index >= 15 is 0 Å². The number of hydrogen-bond donors (Lipinski definition) is 7. The highest BCUT2D eigenvalue weighted by molar-refractivity contribution is 6.72. The maximum absolute atomic E-state index is 13.0. The van der Waals surface area contributed by atoms with Crippen molar-refractivity contribution in [3.63, 3.8) is 0 Å². The number of ether oxygens (including phenoxy) is 6. The SMILES string of the molecule is CC(=O)NC1C(OCCCCC(=O)NCCNC(=O)CCn2cc([C@@H]3O[C@H](CO)C(O)C3CC(C)(C)[Si](C)(C)O)c(=O)[nH]c2=O)OC(COC(C)=O)C(OC(C)=O)C1OC(C)=O. The number of nitrogens with one attached hydrogen (secondary N) is 4. The Labute approximate surface area is 359 Å². The van der Waals surface area contributed by atoms with Crippen LogP contribution in [-0.2, 0) is 63.7 Å². The van der Waals surface area contributed by atoms with Crippen molar-refractivity contribution >= 4 is 43.9 Å². The van der Waals surface area contributed by atoms with Gasteiger partial charge < -0.3 is 59.4 Å². The minimum atomic E-state index is -2.75. The standard InChI is InChI=1S/C39H63N5O17Si/c1-21(46)42-31-35(59-24(4)49)34(58-23(3)48)28(20-57-22(2)47)61-37(31)56-16-10-9-11-29(50)40-13-14-41-30(51)12-15-44-18-26(36(53)43-38(44)54)33-25(32(52)27(19-45)60-33)17-39(5,6)62(7,8)55/h18,25,27-28,31-35,37,45,52,55H,9-17,19-20H2,1-8H3,(H,40,50)(H,41,51)(H,42,46)(H,43,53,54)/t25?,27-,28?,31?,32?,33-,34?,35?,37?/m1/s1. The number of rotatable bonds is 22. The van der Waals surface area contributed by atoms with E-state index in [1.807, 2.05) is 13.8 Å². The van der Waals surface area contributed by atoms with Crippen LogP contribution in [0.5, 0.6) is 0 Å². The molecular formula is C39H63N5O17Si. The summed E-state index contributed by atoms with van der Waals surface area (Å²) in [5.74, 6) is -4.08. The third kappa shape index (κ3) is 15.1. The summed E-state index contributed by atoms with van der Waals surface area (Å²) >= 11 is 0. The molecule has 3 rings (SSSR count). The van der Waals surface area contributed by atoms with Crippen molar-refractivity contribution in [2.24, 2.45) is 5.92 Å². The van der Waals surface area contributed by atoms with Gasteiger partial charge >= 0.3 is 23.6 Å². The van der Waals surface area contributed by atoms with Gasteiger partial charge in [-0.2, -0.15) is 0 Å². The molecule has 1 aromatic heterocycles. The summed E-state index contributed by atoms with van der Waals surface area (Å²) < 4.78 is 34.8. The Kier molecular flexibility index (Phi) is 19.4. The largest absolute Gasteiger partial charge is 0.463 e. The van der Waals surface area contributed by atoms with Crippen molar-refractivity contribution in [1.29, 1.82) is 0 Å². The van der Waals surface area contributed by atoms with E-state index in [9.17, 15) is 53.4 Å². The summed E-state index contributed by atoms with van der Waals surface area (Å²) in [5.41, 5.74) is -1.46. The zero-order valence-electron chi connectivity index (χ0n) is 36.6. The van der Waals surface area contributed by atoms with Crippen molar-refractivity contribution in [3.05, 3.63) is 32.6 Å². The molecule has 9 atom stereocenters. The Morgan fingerprint density at radius 1 is 0.887 bits per heavy atom. The zero-order chi connectivity index (χ0) is 46.5. The van der Waals surface area contributed by atoms with Gasteiger partial charge in [0.05, 0.1) is 24.4 Å². The van der Waals surface area contributed by atoms with Crippen LogP contribution in [0.15, 0.2) is 15.8 Å². The second-order valence-electron chi connectivity index (χ2n) is 16.6. The van der Waals surface area contributed by atoms with E-state index in [-0.39, 0.29) is 63.6 Å². The molecular weight excluding hydrogens is 839 g/mol. The molecule has 350 valence electrons. The predicted octanol–water partition coefficient (Wildman–Crippen LogP) is -1.22. The summed E-state index contributed by atoms with van der Waals surface area (Å²) in [7, 11) is -2.75. The highest BCUT2D eigenvalue weighted by Crippen LogP contribution is 2.49. The predicted molar refractivity (Wildman–Crippen MR) is 218 cm³/mol. The molecule has 2 saturated heterocycles. The Morgan fingerprint density at radius 2 is 1.50 bits per heavy atom. The van der Waals surface area contributed by atoms with Crippen LogP contribution in [0.4, 0.5) is 0 Å². The van der Waals surface area contributed by atoms with Crippen molar-refractivity contribution in [2.75, 3.05) is 32.9 Å². The van der Waals surface area contributed by atoms with Crippen molar-refractivity contribution in [2.45, 2.75) is 147 Å². The summed E-state index contributed by atoms with van der Waals surface area (Å²) in [5, 5.41) is 28.2. The molecule has 0 spiro atoms. The number of hydrogen-bond acceptors (Lipinski definition) is 17. The van der Waals surface area contributed by atoms with Crippen molar-refractivity contribution in [3.8, 4) is 0 Å². The number of aliphatic hydroxyl groups is 2. The van der Waals surface area contributed by atoms with Gasteiger partial charge in [0.25, 0.3) is 5.56 Å². The molecule has 0 radical (unpaired) electrons. The number of carbonyl (C=O) groups is 6. The van der Waals surface area contributed by atoms with E-state index in [1.165, 1.54) is 20.0 Å². The van der Waals surface area contributed by atoms with Gasteiger partial charge in [-0.05, 0) is 37.4 Å². The normalized spacial score (nSPS) is 25.0. The number of aliphatic hydroxyl groups excluding tert-OH is 2. The Bertz CT molecular complexity index is 1850. The fraction of sp³-hybridized carbons (Fsp3) is 0.744. The van der Waals surface area contributed by atoms with Gasteiger partial charge in [0.2, 0.25) is 17.7 Å². The number of esters is 3. The first kappa shape index (κ1) is 51.8. The topological polar surface area (TPSA) is 309 Å². The van der Waals surface area contributed by atoms with Crippen LogP contribution in [0.2, 0.25) is 18.1 Å².